The molecule has 0 aliphatic carbocycles. The van der Waals surface area contributed by atoms with Crippen molar-refractivity contribution < 1.29 is 19.1 Å². The van der Waals surface area contributed by atoms with Gasteiger partial charge in [-0.1, -0.05) is 29.8 Å². The Labute approximate surface area is 192 Å². The number of amides is 1. The molecule has 2 aromatic carbocycles. The molecule has 0 radical (unpaired) electrons. The first-order valence-corrected chi connectivity index (χ1v) is 10.2. The zero-order chi connectivity index (χ0) is 23.5. The van der Waals surface area contributed by atoms with E-state index in [9.17, 15) is 14.0 Å². The van der Waals surface area contributed by atoms with Gasteiger partial charge in [-0.05, 0) is 41.8 Å². The van der Waals surface area contributed by atoms with Crippen molar-refractivity contribution >= 4 is 40.3 Å². The van der Waals surface area contributed by atoms with E-state index in [0.717, 1.165) is 5.56 Å². The minimum absolute atomic E-state index is 0.0248. The van der Waals surface area contributed by atoms with Crippen LogP contribution in [0.25, 0.3) is 11.0 Å². The number of hydrogen-bond acceptors (Lipinski definition) is 6. The van der Waals surface area contributed by atoms with Crippen molar-refractivity contribution in [2.75, 3.05) is 5.32 Å². The largest absolute Gasteiger partial charge is 0.478 e. The van der Waals surface area contributed by atoms with E-state index >= 15 is 0 Å². The van der Waals surface area contributed by atoms with E-state index in [2.05, 4.69) is 30.8 Å². The lowest BCUT2D eigenvalue weighted by molar-refractivity contribution is 0.0695. The molecule has 1 amide bonds. The molecule has 0 spiro atoms. The predicted octanol–water partition coefficient (Wildman–Crippen LogP) is 3.69. The number of carboxylic acids is 1. The van der Waals surface area contributed by atoms with Gasteiger partial charge >= 0.3 is 5.97 Å². The van der Waals surface area contributed by atoms with Crippen LogP contribution < -0.4 is 10.6 Å². The number of aromatic amines is 1. The van der Waals surface area contributed by atoms with Gasteiger partial charge in [0, 0.05) is 13.1 Å². The molecule has 0 bridgehead atoms. The van der Waals surface area contributed by atoms with Gasteiger partial charge in [0.2, 0.25) is 0 Å². The van der Waals surface area contributed by atoms with Gasteiger partial charge in [0.15, 0.2) is 11.5 Å². The van der Waals surface area contributed by atoms with Gasteiger partial charge in [-0.3, -0.25) is 9.89 Å². The van der Waals surface area contributed by atoms with Crippen LogP contribution in [0.15, 0.2) is 42.7 Å². The molecule has 0 aliphatic heterocycles. The SMILES string of the molecule is Cc1cc(CNc2n[nH]c3c(C(=O)NCc4ccc(F)c(Cl)c4)ncnc23)ccc1C(=O)O. The number of benzene rings is 2. The Kier molecular flexibility index (Phi) is 6.18. The number of aromatic carboxylic acids is 1. The van der Waals surface area contributed by atoms with Gasteiger partial charge in [-0.2, -0.15) is 5.10 Å². The van der Waals surface area contributed by atoms with E-state index in [1.807, 2.05) is 0 Å². The number of H-pyrrole nitrogens is 1. The first-order valence-electron chi connectivity index (χ1n) is 9.81. The molecule has 0 saturated heterocycles. The highest BCUT2D eigenvalue weighted by Gasteiger charge is 2.17. The highest BCUT2D eigenvalue weighted by atomic mass is 35.5. The molecule has 9 nitrogen and oxygen atoms in total. The van der Waals surface area contributed by atoms with Crippen molar-refractivity contribution in [3.63, 3.8) is 0 Å². The molecule has 168 valence electrons. The predicted molar refractivity (Wildman–Crippen MR) is 120 cm³/mol. The highest BCUT2D eigenvalue weighted by Crippen LogP contribution is 2.21. The molecular weight excluding hydrogens is 451 g/mol. The van der Waals surface area contributed by atoms with Crippen molar-refractivity contribution in [2.24, 2.45) is 0 Å². The summed E-state index contributed by atoms with van der Waals surface area (Å²) in [4.78, 5) is 32.1. The average Bonchev–Trinajstić information content (AvgIpc) is 3.21. The van der Waals surface area contributed by atoms with Crippen molar-refractivity contribution in [3.05, 3.63) is 81.5 Å². The zero-order valence-corrected chi connectivity index (χ0v) is 18.1. The minimum Gasteiger partial charge on any atom is -0.478 e. The Morgan fingerprint density at radius 1 is 1.12 bits per heavy atom. The Morgan fingerprint density at radius 2 is 1.88 bits per heavy atom. The number of carbonyl (C=O) groups excluding carboxylic acids is 1. The first kappa shape index (κ1) is 22.2. The highest BCUT2D eigenvalue weighted by molar-refractivity contribution is 6.30. The number of anilines is 1. The van der Waals surface area contributed by atoms with E-state index in [4.69, 9.17) is 16.7 Å². The van der Waals surface area contributed by atoms with Gasteiger partial charge in [-0.15, -0.1) is 0 Å². The second-order valence-electron chi connectivity index (χ2n) is 7.26. The van der Waals surface area contributed by atoms with Crippen LogP contribution in [0.3, 0.4) is 0 Å². The van der Waals surface area contributed by atoms with Crippen LogP contribution in [-0.4, -0.2) is 37.1 Å². The lowest BCUT2D eigenvalue weighted by atomic mass is 10.1. The van der Waals surface area contributed by atoms with Gasteiger partial charge in [-0.25, -0.2) is 19.2 Å². The molecule has 0 saturated carbocycles. The number of fused-ring (bicyclic) bond motifs is 1. The number of aryl methyl sites for hydroxylation is 1. The second-order valence-corrected chi connectivity index (χ2v) is 7.66. The third-order valence-electron chi connectivity index (χ3n) is 4.98. The fraction of sp³-hybridized carbons (Fsp3) is 0.136. The second kappa shape index (κ2) is 9.21. The number of hydrogen-bond donors (Lipinski definition) is 4. The third kappa shape index (κ3) is 4.75. The molecule has 11 heteroatoms. The van der Waals surface area contributed by atoms with Crippen molar-refractivity contribution in [2.45, 2.75) is 20.0 Å². The first-order chi connectivity index (χ1) is 15.8. The monoisotopic (exact) mass is 468 g/mol. The van der Waals surface area contributed by atoms with Gasteiger partial charge < -0.3 is 15.7 Å². The molecule has 4 N–H and O–H groups in total. The minimum atomic E-state index is -0.977. The number of halogens is 2. The summed E-state index contributed by atoms with van der Waals surface area (Å²) in [5.74, 6) is -1.55. The summed E-state index contributed by atoms with van der Waals surface area (Å²) in [7, 11) is 0. The average molecular weight is 469 g/mol. The molecule has 4 aromatic rings. The number of rotatable bonds is 7. The van der Waals surface area contributed by atoms with E-state index in [-0.39, 0.29) is 22.8 Å². The fourth-order valence-electron chi connectivity index (χ4n) is 3.31. The topological polar surface area (TPSA) is 133 Å². The van der Waals surface area contributed by atoms with E-state index in [1.54, 1.807) is 25.1 Å². The number of aromatic nitrogens is 4. The summed E-state index contributed by atoms with van der Waals surface area (Å²) in [6.45, 7) is 2.24. The maximum Gasteiger partial charge on any atom is 0.335 e. The van der Waals surface area contributed by atoms with Gasteiger partial charge in [0.05, 0.1) is 10.6 Å². The lowest BCUT2D eigenvalue weighted by Crippen LogP contribution is -2.24. The Morgan fingerprint density at radius 3 is 2.61 bits per heavy atom. The number of nitrogens with one attached hydrogen (secondary N) is 3. The van der Waals surface area contributed by atoms with Crippen LogP contribution >= 0.6 is 11.6 Å². The molecule has 0 aliphatic rings. The Bertz CT molecular complexity index is 1370. The van der Waals surface area contributed by atoms with Crippen LogP contribution in [-0.2, 0) is 13.1 Å². The Hall–Kier alpha value is -4.05. The third-order valence-corrected chi connectivity index (χ3v) is 5.27. The van der Waals surface area contributed by atoms with Crippen LogP contribution in [0.5, 0.6) is 0 Å². The molecule has 2 heterocycles. The normalized spacial score (nSPS) is 10.9. The quantitative estimate of drug-likeness (QED) is 0.325. The van der Waals surface area contributed by atoms with Crippen molar-refractivity contribution in [1.29, 1.82) is 0 Å². The molecule has 2 aromatic heterocycles. The summed E-state index contributed by atoms with van der Waals surface area (Å²) in [6, 6.07) is 9.25. The molecule has 0 atom stereocenters. The fourth-order valence-corrected chi connectivity index (χ4v) is 3.51. The van der Waals surface area contributed by atoms with Crippen molar-refractivity contribution in [3.8, 4) is 0 Å². The van der Waals surface area contributed by atoms with Crippen molar-refractivity contribution in [1.82, 2.24) is 25.5 Å². The number of carboxylic acid groups (broad SMARTS) is 1. The maximum atomic E-state index is 13.3. The summed E-state index contributed by atoms with van der Waals surface area (Å²) in [5.41, 5.74) is 3.28. The summed E-state index contributed by atoms with van der Waals surface area (Å²) in [5, 5.41) is 21.9. The molecule has 0 fully saturated rings. The maximum absolute atomic E-state index is 13.3. The van der Waals surface area contributed by atoms with E-state index in [1.165, 1.54) is 24.5 Å². The summed E-state index contributed by atoms with van der Waals surface area (Å²) >= 11 is 5.78. The van der Waals surface area contributed by atoms with Gasteiger partial charge in [0.25, 0.3) is 5.91 Å². The smallest absolute Gasteiger partial charge is 0.335 e. The molecule has 4 rings (SSSR count). The van der Waals surface area contributed by atoms with Gasteiger partial charge in [0.1, 0.15) is 23.2 Å². The van der Waals surface area contributed by atoms with E-state index < -0.39 is 17.7 Å². The van der Waals surface area contributed by atoms with Crippen LogP contribution in [0.1, 0.15) is 37.5 Å². The summed E-state index contributed by atoms with van der Waals surface area (Å²) in [6.07, 6.45) is 1.26. The Balaban J connectivity index is 1.48. The number of nitrogens with zero attached hydrogens (tertiary/aromatic N) is 3. The molecule has 33 heavy (non-hydrogen) atoms. The molecular formula is C22H18ClFN6O3. The summed E-state index contributed by atoms with van der Waals surface area (Å²) < 4.78 is 13.3. The molecule has 0 unspecified atom stereocenters. The van der Waals surface area contributed by atoms with Crippen LogP contribution in [0.2, 0.25) is 5.02 Å². The van der Waals surface area contributed by atoms with E-state index in [0.29, 0.717) is 34.5 Å². The number of carbonyl (C=O) groups is 2. The standard InChI is InChI=1S/C22H18ClFN6O3/c1-11-6-12(2-4-14(11)22(32)33)8-25-20-18-17(29-30-20)19(28-10-27-18)21(31)26-9-13-3-5-16(24)15(23)7-13/h2-7,10H,8-9H2,1H3,(H,26,31)(H,32,33)(H2,25,29,30). The zero-order valence-electron chi connectivity index (χ0n) is 17.3. The van der Waals surface area contributed by atoms with Crippen LogP contribution in [0.4, 0.5) is 10.2 Å². The van der Waals surface area contributed by atoms with Crippen LogP contribution in [0, 0.1) is 12.7 Å². The lowest BCUT2D eigenvalue weighted by Gasteiger charge is -2.07.